The van der Waals surface area contributed by atoms with E-state index < -0.39 is 0 Å². The minimum atomic E-state index is -0.331. The molecule has 3 aromatic carbocycles. The van der Waals surface area contributed by atoms with Gasteiger partial charge in [0.25, 0.3) is 0 Å². The van der Waals surface area contributed by atoms with E-state index in [-0.39, 0.29) is 28.5 Å². The molecule has 1 unspecified atom stereocenters. The lowest BCUT2D eigenvalue weighted by Crippen LogP contribution is -2.32. The van der Waals surface area contributed by atoms with Gasteiger partial charge in [-0.1, -0.05) is 47.1 Å². The van der Waals surface area contributed by atoms with Crippen molar-refractivity contribution < 1.29 is 18.7 Å². The van der Waals surface area contributed by atoms with Gasteiger partial charge in [-0.05, 0) is 66.6 Å². The van der Waals surface area contributed by atoms with Crippen molar-refractivity contribution in [2.45, 2.75) is 36.8 Å². The number of carbonyl (C=O) groups is 1. The lowest BCUT2D eigenvalue weighted by Gasteiger charge is -2.26. The fraction of sp³-hybridized carbons (Fsp3) is 0.290. The molecular weight excluding hydrogens is 584 g/mol. The number of aromatic nitrogens is 2. The zero-order chi connectivity index (χ0) is 28.3. The third-order valence-electron chi connectivity index (χ3n) is 7.88. The molecule has 7 rings (SSSR count). The van der Waals surface area contributed by atoms with Gasteiger partial charge < -0.3 is 14.0 Å². The van der Waals surface area contributed by atoms with E-state index in [0.717, 1.165) is 47.6 Å². The van der Waals surface area contributed by atoms with Crippen LogP contribution in [0.15, 0.2) is 60.7 Å². The summed E-state index contributed by atoms with van der Waals surface area (Å²) in [5.74, 6) is 1.11. The molecule has 3 aliphatic heterocycles. The number of ether oxygens (including phenoxy) is 2. The number of imidazole rings is 1. The second kappa shape index (κ2) is 10.4. The van der Waals surface area contributed by atoms with Gasteiger partial charge in [0.05, 0.1) is 29.2 Å². The molecule has 41 heavy (non-hydrogen) atoms. The average Bonchev–Trinajstić information content (AvgIpc) is 3.34. The highest BCUT2D eigenvalue weighted by Gasteiger charge is 2.63. The minimum Gasteiger partial charge on any atom is -0.487 e. The number of fused-ring (bicyclic) bond motifs is 1. The van der Waals surface area contributed by atoms with Crippen molar-refractivity contribution in [2.75, 3.05) is 19.7 Å². The normalized spacial score (nSPS) is 21.8. The van der Waals surface area contributed by atoms with Gasteiger partial charge >= 0.3 is 0 Å². The summed E-state index contributed by atoms with van der Waals surface area (Å²) in [6, 6.07) is 15.8. The van der Waals surface area contributed by atoms with Crippen LogP contribution in [0.4, 0.5) is 4.39 Å². The fourth-order valence-corrected chi connectivity index (χ4v) is 7.26. The smallest absolute Gasteiger partial charge is 0.159 e. The number of Topliss-reactive ketones (excluding diaryl/α,β-unsaturated/α-hetero) is 1. The first-order chi connectivity index (χ1) is 19.8. The predicted octanol–water partition coefficient (Wildman–Crippen LogP) is 7.53. The van der Waals surface area contributed by atoms with E-state index in [9.17, 15) is 9.18 Å². The van der Waals surface area contributed by atoms with Gasteiger partial charge in [0.2, 0.25) is 0 Å². The molecule has 4 heterocycles. The molecule has 2 fully saturated rings. The summed E-state index contributed by atoms with van der Waals surface area (Å²) in [6.45, 7) is 4.51. The lowest BCUT2D eigenvalue weighted by molar-refractivity contribution is -0.0624. The van der Waals surface area contributed by atoms with Crippen LogP contribution in [0, 0.1) is 5.82 Å². The topological polar surface area (TPSA) is 56.6 Å². The van der Waals surface area contributed by atoms with Crippen molar-refractivity contribution in [3.05, 3.63) is 99.1 Å². The molecule has 0 bridgehead atoms. The van der Waals surface area contributed by atoms with Gasteiger partial charge in [-0.25, -0.2) is 9.37 Å². The Morgan fingerprint density at radius 2 is 2.05 bits per heavy atom. The maximum Gasteiger partial charge on any atom is 0.159 e. The average molecular weight is 611 g/mol. The predicted molar refractivity (Wildman–Crippen MR) is 160 cm³/mol. The molecule has 2 saturated heterocycles. The number of thioether (sulfide) groups is 1. The molecule has 210 valence electrons. The molecule has 2 atom stereocenters. The fourth-order valence-electron chi connectivity index (χ4n) is 5.50. The molecule has 0 aliphatic carbocycles. The van der Waals surface area contributed by atoms with Crippen molar-refractivity contribution in [3.8, 4) is 5.75 Å². The molecule has 1 aromatic heterocycles. The molecule has 3 aliphatic rings. The third-order valence-corrected chi connectivity index (χ3v) is 9.91. The number of hydrogen-bond acceptors (Lipinski definition) is 6. The first-order valence-electron chi connectivity index (χ1n) is 13.4. The Balaban J connectivity index is 1.09. The summed E-state index contributed by atoms with van der Waals surface area (Å²) in [6.07, 6.45) is 3.20. The van der Waals surface area contributed by atoms with E-state index in [1.54, 1.807) is 31.2 Å². The van der Waals surface area contributed by atoms with E-state index >= 15 is 0 Å². The van der Waals surface area contributed by atoms with Crippen molar-refractivity contribution >= 4 is 57.4 Å². The van der Waals surface area contributed by atoms with Crippen LogP contribution in [-0.4, -0.2) is 44.9 Å². The number of ketones is 1. The standard InChI is InChI=1S/C31H26Cl2FN3O3S/c1-18(38)19-3-6-26-27(13-19)37(30-31(41-30)9-11-40-31)29(35-26)16-36-10-8-21(15-36)20-2-5-25(34)22(12-20)17-39-28-7-4-23(32)14-24(28)33/h2-8,12-14,30H,9-11,15-17H2,1H3/t30?,31-/m1/s1. The molecular formula is C31H26Cl2FN3O3S. The Morgan fingerprint density at radius 3 is 2.78 bits per heavy atom. The van der Waals surface area contributed by atoms with Gasteiger partial charge in [0.15, 0.2) is 5.78 Å². The van der Waals surface area contributed by atoms with E-state index in [1.807, 2.05) is 36.0 Å². The van der Waals surface area contributed by atoms with Crippen LogP contribution >= 0.6 is 35.0 Å². The molecule has 0 amide bonds. The second-order valence-corrected chi connectivity index (χ2v) is 12.8. The zero-order valence-corrected chi connectivity index (χ0v) is 24.5. The van der Waals surface area contributed by atoms with E-state index in [2.05, 4.69) is 15.5 Å². The molecule has 4 aromatic rings. The highest BCUT2D eigenvalue weighted by molar-refractivity contribution is 8.07. The van der Waals surface area contributed by atoms with Crippen molar-refractivity contribution in [3.63, 3.8) is 0 Å². The van der Waals surface area contributed by atoms with Gasteiger partial charge in [0, 0.05) is 35.7 Å². The second-order valence-electron chi connectivity index (χ2n) is 10.6. The van der Waals surface area contributed by atoms with Crippen molar-refractivity contribution in [2.24, 2.45) is 0 Å². The maximum absolute atomic E-state index is 14.7. The zero-order valence-electron chi connectivity index (χ0n) is 22.2. The van der Waals surface area contributed by atoms with E-state index in [4.69, 9.17) is 37.7 Å². The number of halogens is 3. The highest BCUT2D eigenvalue weighted by Crippen LogP contribution is 2.69. The number of nitrogens with zero attached hydrogens (tertiary/aromatic N) is 3. The van der Waals surface area contributed by atoms with Crippen LogP contribution in [0.25, 0.3) is 16.6 Å². The molecule has 1 spiro atoms. The van der Waals surface area contributed by atoms with Crippen LogP contribution in [0.5, 0.6) is 5.75 Å². The molecule has 6 nitrogen and oxygen atoms in total. The third kappa shape index (κ3) is 5.06. The Hall–Kier alpha value is -2.88. The SMILES string of the molecule is CC(=O)c1ccc2nc(CN3CC=C(c4ccc(F)c(COc5ccc(Cl)cc5Cl)c4)C3)n(C3S[C@]34CCO4)c2c1. The Morgan fingerprint density at radius 1 is 1.20 bits per heavy atom. The van der Waals surface area contributed by atoms with Crippen LogP contribution in [0.1, 0.15) is 46.0 Å². The monoisotopic (exact) mass is 609 g/mol. The summed E-state index contributed by atoms with van der Waals surface area (Å²) >= 11 is 14.0. The summed E-state index contributed by atoms with van der Waals surface area (Å²) < 4.78 is 28.7. The largest absolute Gasteiger partial charge is 0.487 e. The maximum atomic E-state index is 14.7. The van der Waals surface area contributed by atoms with Crippen LogP contribution < -0.4 is 4.74 Å². The van der Waals surface area contributed by atoms with Crippen LogP contribution in [-0.2, 0) is 17.9 Å². The van der Waals surface area contributed by atoms with Crippen LogP contribution in [0.2, 0.25) is 10.0 Å². The first-order valence-corrected chi connectivity index (χ1v) is 15.0. The lowest BCUT2D eigenvalue weighted by atomic mass is 10.0. The first kappa shape index (κ1) is 27.0. The summed E-state index contributed by atoms with van der Waals surface area (Å²) in [5, 5.41) is 1.05. The Labute approximate surface area is 251 Å². The molecule has 0 radical (unpaired) electrons. The Kier molecular flexibility index (Phi) is 6.87. The number of hydrogen-bond donors (Lipinski definition) is 0. The van der Waals surface area contributed by atoms with Gasteiger partial charge in [-0.15, -0.1) is 0 Å². The molecule has 0 N–H and O–H groups in total. The van der Waals surface area contributed by atoms with Gasteiger partial charge in [-0.2, -0.15) is 0 Å². The number of carbonyl (C=O) groups excluding carboxylic acids is 1. The number of rotatable bonds is 8. The summed E-state index contributed by atoms with van der Waals surface area (Å²) in [7, 11) is 0. The van der Waals surface area contributed by atoms with Gasteiger partial charge in [-0.3, -0.25) is 9.69 Å². The highest BCUT2D eigenvalue weighted by atomic mass is 35.5. The van der Waals surface area contributed by atoms with Gasteiger partial charge in [0.1, 0.15) is 34.3 Å². The number of benzene rings is 3. The quantitative estimate of drug-likeness (QED) is 0.152. The molecule has 0 saturated carbocycles. The summed E-state index contributed by atoms with van der Waals surface area (Å²) in [5.41, 5.74) is 5.05. The van der Waals surface area contributed by atoms with E-state index in [0.29, 0.717) is 40.0 Å². The Bertz CT molecular complexity index is 1740. The summed E-state index contributed by atoms with van der Waals surface area (Å²) in [4.78, 5) is 19.2. The minimum absolute atomic E-state index is 0.0352. The molecule has 10 heteroatoms. The van der Waals surface area contributed by atoms with Crippen molar-refractivity contribution in [1.29, 1.82) is 0 Å². The van der Waals surface area contributed by atoms with Crippen LogP contribution in [0.3, 0.4) is 0 Å². The van der Waals surface area contributed by atoms with Crippen molar-refractivity contribution in [1.82, 2.24) is 14.5 Å². The van der Waals surface area contributed by atoms with E-state index in [1.165, 1.54) is 6.07 Å².